The van der Waals surface area contributed by atoms with Gasteiger partial charge in [0.25, 0.3) is 0 Å². The third kappa shape index (κ3) is 2.25. The zero-order chi connectivity index (χ0) is 16.4. The first-order chi connectivity index (χ1) is 10.9. The Morgan fingerprint density at radius 3 is 2.26 bits per heavy atom. The summed E-state index contributed by atoms with van der Waals surface area (Å²) in [4.78, 5) is 0. The third-order valence-electron chi connectivity index (χ3n) is 9.10. The zero-order valence-corrected chi connectivity index (χ0v) is 15.2. The summed E-state index contributed by atoms with van der Waals surface area (Å²) >= 11 is 0. The third-order valence-corrected chi connectivity index (χ3v) is 9.10. The van der Waals surface area contributed by atoms with E-state index in [0.717, 1.165) is 38.0 Å². The Morgan fingerprint density at radius 1 is 0.783 bits per heavy atom. The Balaban J connectivity index is 1.62. The maximum Gasteiger partial charge on any atom is 0.108 e. The van der Waals surface area contributed by atoms with Crippen LogP contribution in [0.25, 0.3) is 0 Å². The molecular formula is C21H34F2. The van der Waals surface area contributed by atoms with E-state index in [0.29, 0.717) is 23.2 Å². The van der Waals surface area contributed by atoms with Gasteiger partial charge in [0.15, 0.2) is 0 Å². The fourth-order valence-corrected chi connectivity index (χ4v) is 7.68. The second-order valence-corrected chi connectivity index (χ2v) is 10.0. The zero-order valence-electron chi connectivity index (χ0n) is 15.2. The van der Waals surface area contributed by atoms with Crippen LogP contribution >= 0.6 is 0 Å². The van der Waals surface area contributed by atoms with Crippen molar-refractivity contribution in [3.8, 4) is 0 Å². The molecule has 0 radical (unpaired) electrons. The maximum atomic E-state index is 15.1. The van der Waals surface area contributed by atoms with Crippen LogP contribution in [0.4, 0.5) is 8.78 Å². The molecule has 0 aromatic carbocycles. The highest BCUT2D eigenvalue weighted by molar-refractivity contribution is 5.09. The number of rotatable bonds is 0. The molecule has 0 N–H and O–H groups in total. The smallest absolute Gasteiger partial charge is 0.108 e. The molecule has 0 aromatic heterocycles. The molecule has 4 rings (SSSR count). The fraction of sp³-hybridized carbons (Fsp3) is 1.00. The van der Waals surface area contributed by atoms with Gasteiger partial charge in [0.1, 0.15) is 12.3 Å². The second kappa shape index (κ2) is 5.43. The van der Waals surface area contributed by atoms with Crippen LogP contribution in [-0.4, -0.2) is 12.3 Å². The highest BCUT2D eigenvalue weighted by Crippen LogP contribution is 2.66. The molecule has 0 amide bonds. The normalized spacial score (nSPS) is 59.6. The lowest BCUT2D eigenvalue weighted by Crippen LogP contribution is -2.57. The van der Waals surface area contributed by atoms with Crippen LogP contribution < -0.4 is 0 Å². The van der Waals surface area contributed by atoms with Gasteiger partial charge in [0, 0.05) is 5.41 Å². The van der Waals surface area contributed by atoms with Crippen molar-refractivity contribution in [3.63, 3.8) is 0 Å². The van der Waals surface area contributed by atoms with Crippen molar-refractivity contribution in [2.75, 3.05) is 0 Å². The summed E-state index contributed by atoms with van der Waals surface area (Å²) in [6, 6.07) is 0. The number of fused-ring (bicyclic) bond motifs is 5. The van der Waals surface area contributed by atoms with Crippen molar-refractivity contribution in [1.29, 1.82) is 0 Å². The Kier molecular flexibility index (Phi) is 3.86. The minimum absolute atomic E-state index is 0.0840. The molecule has 0 saturated heterocycles. The molecule has 9 atom stereocenters. The topological polar surface area (TPSA) is 0 Å². The lowest BCUT2D eigenvalue weighted by atomic mass is 9.42. The van der Waals surface area contributed by atoms with E-state index in [1.807, 2.05) is 0 Å². The van der Waals surface area contributed by atoms with Gasteiger partial charge in [-0.3, -0.25) is 0 Å². The molecule has 0 aliphatic heterocycles. The van der Waals surface area contributed by atoms with Gasteiger partial charge in [-0.1, -0.05) is 20.8 Å². The first-order valence-corrected chi connectivity index (χ1v) is 10.1. The van der Waals surface area contributed by atoms with E-state index in [1.54, 1.807) is 0 Å². The average molecular weight is 324 g/mol. The van der Waals surface area contributed by atoms with Gasteiger partial charge in [0.2, 0.25) is 0 Å². The molecule has 0 nitrogen and oxygen atoms in total. The molecule has 4 saturated carbocycles. The first-order valence-electron chi connectivity index (χ1n) is 10.1. The van der Waals surface area contributed by atoms with E-state index in [2.05, 4.69) is 20.8 Å². The van der Waals surface area contributed by atoms with Gasteiger partial charge in [-0.05, 0) is 92.8 Å². The molecule has 0 heterocycles. The molecule has 4 fully saturated rings. The van der Waals surface area contributed by atoms with E-state index in [-0.39, 0.29) is 11.3 Å². The predicted molar refractivity (Wildman–Crippen MR) is 90.7 cm³/mol. The summed E-state index contributed by atoms with van der Waals surface area (Å²) in [7, 11) is 0. The molecule has 132 valence electrons. The van der Waals surface area contributed by atoms with E-state index in [9.17, 15) is 4.39 Å². The van der Waals surface area contributed by atoms with Crippen LogP contribution in [0.2, 0.25) is 0 Å². The Hall–Kier alpha value is -0.140. The summed E-state index contributed by atoms with van der Waals surface area (Å²) < 4.78 is 29.0. The van der Waals surface area contributed by atoms with Gasteiger partial charge in [0.05, 0.1) is 0 Å². The Labute approximate surface area is 140 Å². The summed E-state index contributed by atoms with van der Waals surface area (Å²) in [6.45, 7) is 6.82. The van der Waals surface area contributed by atoms with Gasteiger partial charge in [-0.15, -0.1) is 0 Å². The molecular weight excluding hydrogens is 290 g/mol. The minimum atomic E-state index is -0.616. The summed E-state index contributed by atoms with van der Waals surface area (Å²) in [6.07, 6.45) is 8.42. The lowest BCUT2D eigenvalue weighted by molar-refractivity contribution is -0.158. The van der Waals surface area contributed by atoms with Crippen molar-refractivity contribution in [2.45, 2.75) is 90.9 Å². The van der Waals surface area contributed by atoms with Crippen LogP contribution in [0.3, 0.4) is 0 Å². The van der Waals surface area contributed by atoms with E-state index in [1.165, 1.54) is 25.7 Å². The standard InChI is InChI=1S/C21H34F2/c1-13-4-7-17-16-6-5-14-12-15(22)8-10-20(14,2)18(16)9-11-21(17,3)19(13)23/h13-19H,4-12H2,1-3H3/t13?,14?,15-,16?,17?,18?,19-,20-,21-/m0/s1. The molecule has 4 aliphatic carbocycles. The maximum absolute atomic E-state index is 15.1. The first kappa shape index (κ1) is 16.3. The van der Waals surface area contributed by atoms with Crippen LogP contribution in [0.1, 0.15) is 78.6 Å². The summed E-state index contributed by atoms with van der Waals surface area (Å²) in [5, 5.41) is 0. The number of alkyl halides is 2. The quantitative estimate of drug-likeness (QED) is 0.487. The summed E-state index contributed by atoms with van der Waals surface area (Å²) in [5.74, 6) is 2.83. The van der Waals surface area contributed by atoms with Crippen molar-refractivity contribution in [1.82, 2.24) is 0 Å². The van der Waals surface area contributed by atoms with E-state index < -0.39 is 12.3 Å². The van der Waals surface area contributed by atoms with Gasteiger partial charge >= 0.3 is 0 Å². The highest BCUT2D eigenvalue weighted by atomic mass is 19.1. The SMILES string of the molecule is CC1CCC2C3CCC4C[C@@H](F)CC[C@]4(C)C3CC[C@]2(C)[C@H]1F. The molecule has 0 spiro atoms. The second-order valence-electron chi connectivity index (χ2n) is 10.0. The van der Waals surface area contributed by atoms with Gasteiger partial charge in [-0.2, -0.15) is 0 Å². The summed E-state index contributed by atoms with van der Waals surface area (Å²) in [5.41, 5.74) is 0.251. The monoisotopic (exact) mass is 324 g/mol. The molecule has 2 heteroatoms. The largest absolute Gasteiger partial charge is 0.247 e. The van der Waals surface area contributed by atoms with E-state index >= 15 is 4.39 Å². The average Bonchev–Trinajstić information content (AvgIpc) is 2.52. The van der Waals surface area contributed by atoms with Crippen molar-refractivity contribution >= 4 is 0 Å². The van der Waals surface area contributed by atoms with Crippen LogP contribution in [0.15, 0.2) is 0 Å². The molecule has 0 bridgehead atoms. The van der Waals surface area contributed by atoms with Crippen LogP contribution in [0, 0.1) is 40.4 Å². The fourth-order valence-electron chi connectivity index (χ4n) is 7.68. The Morgan fingerprint density at radius 2 is 1.48 bits per heavy atom. The van der Waals surface area contributed by atoms with Crippen LogP contribution in [-0.2, 0) is 0 Å². The van der Waals surface area contributed by atoms with Crippen molar-refractivity contribution in [3.05, 3.63) is 0 Å². The van der Waals surface area contributed by atoms with Gasteiger partial charge < -0.3 is 0 Å². The Bertz CT molecular complexity index is 463. The van der Waals surface area contributed by atoms with Gasteiger partial charge in [-0.25, -0.2) is 8.78 Å². The lowest BCUT2D eigenvalue weighted by Gasteiger charge is -2.63. The minimum Gasteiger partial charge on any atom is -0.247 e. The number of hydrogen-bond donors (Lipinski definition) is 0. The van der Waals surface area contributed by atoms with Crippen LogP contribution in [0.5, 0.6) is 0 Å². The molecule has 4 aliphatic rings. The molecule has 5 unspecified atom stereocenters. The predicted octanol–water partition coefficient (Wildman–Crippen LogP) is 6.34. The molecule has 23 heavy (non-hydrogen) atoms. The van der Waals surface area contributed by atoms with E-state index in [4.69, 9.17) is 0 Å². The molecule has 0 aromatic rings. The van der Waals surface area contributed by atoms with Crippen molar-refractivity contribution < 1.29 is 8.78 Å². The highest BCUT2D eigenvalue weighted by Gasteiger charge is 2.60. The number of hydrogen-bond acceptors (Lipinski definition) is 0. The van der Waals surface area contributed by atoms with Crippen molar-refractivity contribution in [2.24, 2.45) is 40.4 Å². The number of halogens is 2.